The van der Waals surface area contributed by atoms with E-state index in [1.807, 2.05) is 19.1 Å². The van der Waals surface area contributed by atoms with Gasteiger partial charge in [0.1, 0.15) is 17.4 Å². The van der Waals surface area contributed by atoms with E-state index >= 15 is 0 Å². The molecule has 2 aromatic rings. The lowest BCUT2D eigenvalue weighted by Gasteiger charge is -2.15. The first-order valence-electron chi connectivity index (χ1n) is 7.19. The summed E-state index contributed by atoms with van der Waals surface area (Å²) in [6.45, 7) is 2.53. The Bertz CT molecular complexity index is 692. The predicted octanol–water partition coefficient (Wildman–Crippen LogP) is 1.27. The van der Waals surface area contributed by atoms with Crippen LogP contribution in [0.25, 0.3) is 11.0 Å². The fourth-order valence-corrected chi connectivity index (χ4v) is 2.65. The minimum Gasteiger partial charge on any atom is -0.354 e. The molecule has 0 saturated carbocycles. The van der Waals surface area contributed by atoms with Crippen molar-refractivity contribution in [2.75, 3.05) is 6.54 Å². The van der Waals surface area contributed by atoms with Crippen LogP contribution in [-0.2, 0) is 4.79 Å². The SMILES string of the molecule is Cc1nc2c(C(=O)NC3CCCCNC3=O)cccc2[nH]1. The molecule has 3 rings (SSSR count). The zero-order valence-electron chi connectivity index (χ0n) is 11.9. The van der Waals surface area contributed by atoms with E-state index in [-0.39, 0.29) is 11.8 Å². The number of hydrogen-bond acceptors (Lipinski definition) is 3. The maximum absolute atomic E-state index is 12.4. The minimum absolute atomic E-state index is 0.105. The number of benzene rings is 1. The van der Waals surface area contributed by atoms with Gasteiger partial charge in [-0.25, -0.2) is 4.98 Å². The smallest absolute Gasteiger partial charge is 0.254 e. The third kappa shape index (κ3) is 2.74. The number of para-hydroxylation sites is 1. The number of amides is 2. The topological polar surface area (TPSA) is 86.9 Å². The number of aromatic amines is 1. The van der Waals surface area contributed by atoms with Crippen molar-refractivity contribution in [3.05, 3.63) is 29.6 Å². The molecule has 1 aromatic heterocycles. The second kappa shape index (κ2) is 5.55. The summed E-state index contributed by atoms with van der Waals surface area (Å²) >= 11 is 0. The molecule has 3 N–H and O–H groups in total. The Morgan fingerprint density at radius 1 is 1.38 bits per heavy atom. The van der Waals surface area contributed by atoms with E-state index in [0.717, 1.165) is 24.2 Å². The molecule has 0 spiro atoms. The minimum atomic E-state index is -0.463. The van der Waals surface area contributed by atoms with E-state index in [1.165, 1.54) is 0 Å². The number of H-pyrrole nitrogens is 1. The summed E-state index contributed by atoms with van der Waals surface area (Å²) in [6, 6.07) is 4.95. The number of nitrogens with zero attached hydrogens (tertiary/aromatic N) is 1. The van der Waals surface area contributed by atoms with Gasteiger partial charge in [-0.05, 0) is 38.3 Å². The molecule has 1 unspecified atom stereocenters. The molecular weight excluding hydrogens is 268 g/mol. The first-order valence-corrected chi connectivity index (χ1v) is 7.19. The van der Waals surface area contributed by atoms with Gasteiger partial charge >= 0.3 is 0 Å². The van der Waals surface area contributed by atoms with Gasteiger partial charge in [0.2, 0.25) is 5.91 Å². The number of aryl methyl sites for hydroxylation is 1. The largest absolute Gasteiger partial charge is 0.354 e. The van der Waals surface area contributed by atoms with E-state index in [1.54, 1.807) is 6.07 Å². The molecule has 1 fully saturated rings. The number of carbonyl (C=O) groups excluding carboxylic acids is 2. The molecule has 6 heteroatoms. The molecule has 1 aliphatic rings. The van der Waals surface area contributed by atoms with Crippen molar-refractivity contribution in [1.29, 1.82) is 0 Å². The number of fused-ring (bicyclic) bond motifs is 1. The van der Waals surface area contributed by atoms with Gasteiger partial charge < -0.3 is 15.6 Å². The average molecular weight is 286 g/mol. The molecule has 1 atom stereocenters. The Morgan fingerprint density at radius 2 is 2.24 bits per heavy atom. The van der Waals surface area contributed by atoms with Gasteiger partial charge in [0.25, 0.3) is 5.91 Å². The molecule has 1 aliphatic heterocycles. The Hall–Kier alpha value is -2.37. The first-order chi connectivity index (χ1) is 10.1. The van der Waals surface area contributed by atoms with Gasteiger partial charge in [-0.1, -0.05) is 6.07 Å². The number of hydrogen-bond donors (Lipinski definition) is 3. The van der Waals surface area contributed by atoms with Crippen LogP contribution in [0.4, 0.5) is 0 Å². The maximum Gasteiger partial charge on any atom is 0.254 e. The van der Waals surface area contributed by atoms with E-state index in [9.17, 15) is 9.59 Å². The van der Waals surface area contributed by atoms with Crippen LogP contribution < -0.4 is 10.6 Å². The van der Waals surface area contributed by atoms with Crippen molar-refractivity contribution in [2.24, 2.45) is 0 Å². The number of carbonyl (C=O) groups is 2. The van der Waals surface area contributed by atoms with Crippen molar-refractivity contribution in [3.63, 3.8) is 0 Å². The molecule has 0 radical (unpaired) electrons. The lowest BCUT2D eigenvalue weighted by Crippen LogP contribution is -2.45. The van der Waals surface area contributed by atoms with Gasteiger partial charge in [-0.15, -0.1) is 0 Å². The van der Waals surface area contributed by atoms with Gasteiger partial charge in [0.15, 0.2) is 0 Å². The van der Waals surface area contributed by atoms with Crippen LogP contribution in [-0.4, -0.2) is 34.4 Å². The molecule has 0 aliphatic carbocycles. The van der Waals surface area contributed by atoms with Crippen LogP contribution in [0.15, 0.2) is 18.2 Å². The lowest BCUT2D eigenvalue weighted by molar-refractivity contribution is -0.122. The van der Waals surface area contributed by atoms with Crippen LogP contribution in [0.2, 0.25) is 0 Å². The molecule has 21 heavy (non-hydrogen) atoms. The summed E-state index contributed by atoms with van der Waals surface area (Å²) in [5.41, 5.74) is 1.96. The van der Waals surface area contributed by atoms with Crippen LogP contribution in [0, 0.1) is 6.92 Å². The zero-order chi connectivity index (χ0) is 14.8. The molecule has 6 nitrogen and oxygen atoms in total. The van der Waals surface area contributed by atoms with Gasteiger partial charge in [-0.2, -0.15) is 0 Å². The lowest BCUT2D eigenvalue weighted by atomic mass is 10.1. The fourth-order valence-electron chi connectivity index (χ4n) is 2.65. The summed E-state index contributed by atoms with van der Waals surface area (Å²) in [4.78, 5) is 31.8. The normalized spacial score (nSPS) is 19.1. The average Bonchev–Trinajstić information content (AvgIpc) is 2.73. The van der Waals surface area contributed by atoms with Crippen molar-refractivity contribution >= 4 is 22.8 Å². The van der Waals surface area contributed by atoms with Gasteiger partial charge in [0.05, 0.1) is 11.1 Å². The van der Waals surface area contributed by atoms with Crippen molar-refractivity contribution in [3.8, 4) is 0 Å². The monoisotopic (exact) mass is 286 g/mol. The Balaban J connectivity index is 1.85. The van der Waals surface area contributed by atoms with Gasteiger partial charge in [0, 0.05) is 6.54 Å². The Labute approximate surface area is 122 Å². The van der Waals surface area contributed by atoms with Crippen LogP contribution in [0.3, 0.4) is 0 Å². The van der Waals surface area contributed by atoms with Crippen LogP contribution >= 0.6 is 0 Å². The number of imidazole rings is 1. The predicted molar refractivity (Wildman–Crippen MR) is 78.9 cm³/mol. The second-order valence-electron chi connectivity index (χ2n) is 5.34. The Kier molecular flexibility index (Phi) is 3.60. The number of rotatable bonds is 2. The second-order valence-corrected chi connectivity index (χ2v) is 5.34. The molecule has 2 heterocycles. The number of nitrogens with one attached hydrogen (secondary N) is 3. The van der Waals surface area contributed by atoms with E-state index in [4.69, 9.17) is 0 Å². The Morgan fingerprint density at radius 3 is 3.10 bits per heavy atom. The summed E-state index contributed by atoms with van der Waals surface area (Å²) in [6.07, 6.45) is 2.55. The molecule has 0 bridgehead atoms. The molecule has 110 valence electrons. The number of aromatic nitrogens is 2. The summed E-state index contributed by atoms with van der Waals surface area (Å²) in [7, 11) is 0. The van der Waals surface area contributed by atoms with Crippen molar-refractivity contribution in [1.82, 2.24) is 20.6 Å². The van der Waals surface area contributed by atoms with Crippen LogP contribution in [0.5, 0.6) is 0 Å². The third-order valence-electron chi connectivity index (χ3n) is 3.72. The van der Waals surface area contributed by atoms with Crippen molar-refractivity contribution in [2.45, 2.75) is 32.2 Å². The molecular formula is C15H18N4O2. The van der Waals surface area contributed by atoms with Crippen LogP contribution in [0.1, 0.15) is 35.4 Å². The highest BCUT2D eigenvalue weighted by atomic mass is 16.2. The standard InChI is InChI=1S/C15H18N4O2/c1-9-17-11-7-4-5-10(13(11)18-9)14(20)19-12-6-2-3-8-16-15(12)21/h4-5,7,12H,2-3,6,8H2,1H3,(H,16,21)(H,17,18)(H,19,20). The molecule has 1 aromatic carbocycles. The van der Waals surface area contributed by atoms with Gasteiger partial charge in [-0.3, -0.25) is 9.59 Å². The molecule has 1 saturated heterocycles. The quantitative estimate of drug-likeness (QED) is 0.777. The van der Waals surface area contributed by atoms with E-state index in [2.05, 4.69) is 20.6 Å². The third-order valence-corrected chi connectivity index (χ3v) is 3.72. The summed E-state index contributed by atoms with van der Waals surface area (Å²) < 4.78 is 0. The van der Waals surface area contributed by atoms with E-state index < -0.39 is 6.04 Å². The van der Waals surface area contributed by atoms with Crippen molar-refractivity contribution < 1.29 is 9.59 Å². The van der Waals surface area contributed by atoms with E-state index in [0.29, 0.717) is 24.0 Å². The maximum atomic E-state index is 12.4. The highest BCUT2D eigenvalue weighted by molar-refractivity contribution is 6.06. The zero-order valence-corrected chi connectivity index (χ0v) is 11.9. The summed E-state index contributed by atoms with van der Waals surface area (Å²) in [5, 5.41) is 5.64. The highest BCUT2D eigenvalue weighted by Crippen LogP contribution is 2.17. The molecule has 2 amide bonds. The highest BCUT2D eigenvalue weighted by Gasteiger charge is 2.24. The summed E-state index contributed by atoms with van der Waals surface area (Å²) in [5.74, 6) is 0.401. The fraction of sp³-hybridized carbons (Fsp3) is 0.400. The first kappa shape index (κ1) is 13.6.